The van der Waals surface area contributed by atoms with Gasteiger partial charge in [0.2, 0.25) is 5.91 Å². The highest BCUT2D eigenvalue weighted by atomic mass is 16.2. The van der Waals surface area contributed by atoms with Gasteiger partial charge in [-0.05, 0) is 43.4 Å². The number of piperidine rings is 1. The van der Waals surface area contributed by atoms with E-state index in [4.69, 9.17) is 0 Å². The second-order valence-electron chi connectivity index (χ2n) is 4.85. The van der Waals surface area contributed by atoms with Gasteiger partial charge in [0.15, 0.2) is 0 Å². The fourth-order valence-corrected chi connectivity index (χ4v) is 2.24. The van der Waals surface area contributed by atoms with Gasteiger partial charge in [-0.3, -0.25) is 9.78 Å². The fraction of sp³-hybridized carbons (Fsp3) is 0.571. The van der Waals surface area contributed by atoms with Crippen molar-refractivity contribution in [3.05, 3.63) is 29.6 Å². The zero-order valence-electron chi connectivity index (χ0n) is 11.0. The molecule has 1 aliphatic heterocycles. The molecule has 1 N–H and O–H groups in total. The number of nitrogens with zero attached hydrogens (tertiary/aromatic N) is 2. The number of nitrogens with one attached hydrogen (secondary N) is 1. The van der Waals surface area contributed by atoms with E-state index >= 15 is 0 Å². The van der Waals surface area contributed by atoms with Crippen LogP contribution in [0.2, 0.25) is 0 Å². The summed E-state index contributed by atoms with van der Waals surface area (Å²) in [6.07, 6.45) is 7.19. The molecule has 1 amide bonds. The van der Waals surface area contributed by atoms with Gasteiger partial charge in [-0.25, -0.2) is 0 Å². The third-order valence-corrected chi connectivity index (χ3v) is 3.45. The van der Waals surface area contributed by atoms with Crippen molar-refractivity contribution in [1.29, 1.82) is 0 Å². The molecule has 0 saturated carbocycles. The van der Waals surface area contributed by atoms with E-state index in [2.05, 4.69) is 17.2 Å². The lowest BCUT2D eigenvalue weighted by Crippen LogP contribution is -2.41. The average molecular weight is 247 g/mol. The zero-order chi connectivity index (χ0) is 12.8. The van der Waals surface area contributed by atoms with Crippen molar-refractivity contribution in [3.63, 3.8) is 0 Å². The van der Waals surface area contributed by atoms with Crippen LogP contribution in [0.1, 0.15) is 30.4 Å². The molecular formula is C14H21N3O. The van der Waals surface area contributed by atoms with Gasteiger partial charge < -0.3 is 10.2 Å². The summed E-state index contributed by atoms with van der Waals surface area (Å²) in [5.41, 5.74) is 2.37. The maximum Gasteiger partial charge on any atom is 0.236 e. The lowest BCUT2D eigenvalue weighted by atomic mass is 10.1. The number of carbonyl (C=O) groups excluding carboxylic acids is 1. The van der Waals surface area contributed by atoms with Crippen molar-refractivity contribution >= 4 is 5.91 Å². The highest BCUT2D eigenvalue weighted by Gasteiger charge is 2.15. The van der Waals surface area contributed by atoms with Crippen molar-refractivity contribution < 1.29 is 4.79 Å². The molecule has 4 nitrogen and oxygen atoms in total. The van der Waals surface area contributed by atoms with Crippen LogP contribution in [0.15, 0.2) is 18.5 Å². The van der Waals surface area contributed by atoms with Crippen LogP contribution in [-0.2, 0) is 11.3 Å². The van der Waals surface area contributed by atoms with Gasteiger partial charge in [-0.15, -0.1) is 0 Å². The first-order valence-electron chi connectivity index (χ1n) is 6.65. The normalized spacial score (nSPS) is 15.7. The quantitative estimate of drug-likeness (QED) is 0.877. The molecule has 0 radical (unpaired) electrons. The Kier molecular flexibility index (Phi) is 4.70. The predicted molar refractivity (Wildman–Crippen MR) is 71.1 cm³/mol. The van der Waals surface area contributed by atoms with Gasteiger partial charge in [0.1, 0.15) is 0 Å². The van der Waals surface area contributed by atoms with E-state index in [0.717, 1.165) is 31.5 Å². The van der Waals surface area contributed by atoms with Crippen LogP contribution in [0.4, 0.5) is 0 Å². The molecule has 2 rings (SSSR count). The van der Waals surface area contributed by atoms with Gasteiger partial charge in [0.25, 0.3) is 0 Å². The third kappa shape index (κ3) is 3.53. The van der Waals surface area contributed by atoms with E-state index in [1.54, 1.807) is 6.20 Å². The summed E-state index contributed by atoms with van der Waals surface area (Å²) in [6, 6.07) is 1.99. The topological polar surface area (TPSA) is 45.2 Å². The van der Waals surface area contributed by atoms with E-state index in [9.17, 15) is 4.79 Å². The maximum absolute atomic E-state index is 11.9. The van der Waals surface area contributed by atoms with Crippen molar-refractivity contribution in [2.75, 3.05) is 19.6 Å². The van der Waals surface area contributed by atoms with E-state index in [0.29, 0.717) is 13.1 Å². The first kappa shape index (κ1) is 13.0. The highest BCUT2D eigenvalue weighted by Crippen LogP contribution is 2.08. The molecule has 1 aliphatic rings. The lowest BCUT2D eigenvalue weighted by molar-refractivity contribution is -0.131. The number of hydrogen-bond acceptors (Lipinski definition) is 3. The van der Waals surface area contributed by atoms with Crippen LogP contribution in [0.5, 0.6) is 0 Å². The minimum atomic E-state index is 0.219. The van der Waals surface area contributed by atoms with Gasteiger partial charge in [0, 0.05) is 32.0 Å². The van der Waals surface area contributed by atoms with E-state index in [1.807, 2.05) is 17.2 Å². The number of likely N-dealkylation sites (tertiary alicyclic amines) is 1. The summed E-state index contributed by atoms with van der Waals surface area (Å²) in [4.78, 5) is 18.0. The summed E-state index contributed by atoms with van der Waals surface area (Å²) in [7, 11) is 0. The molecule has 0 atom stereocenters. The molecule has 0 aliphatic carbocycles. The molecule has 1 aromatic rings. The van der Waals surface area contributed by atoms with Crippen LogP contribution in [-0.4, -0.2) is 35.4 Å². The molecular weight excluding hydrogens is 226 g/mol. The number of amides is 1. The van der Waals surface area contributed by atoms with Crippen molar-refractivity contribution in [3.8, 4) is 0 Å². The standard InChI is InChI=1S/C14H21N3O/c1-12-5-6-15-9-13(12)10-16-11-14(18)17-7-3-2-4-8-17/h5-6,9,16H,2-4,7-8,10-11H2,1H3. The van der Waals surface area contributed by atoms with E-state index < -0.39 is 0 Å². The Bertz CT molecular complexity index is 400. The van der Waals surface area contributed by atoms with Crippen LogP contribution < -0.4 is 5.32 Å². The van der Waals surface area contributed by atoms with Crippen molar-refractivity contribution in [1.82, 2.24) is 15.2 Å². The molecule has 1 fully saturated rings. The van der Waals surface area contributed by atoms with E-state index in [-0.39, 0.29) is 5.91 Å². The predicted octanol–water partition coefficient (Wildman–Crippen LogP) is 1.49. The molecule has 0 spiro atoms. The monoisotopic (exact) mass is 247 g/mol. The Morgan fingerprint density at radius 3 is 2.89 bits per heavy atom. The second kappa shape index (κ2) is 6.50. The average Bonchev–Trinajstić information content (AvgIpc) is 2.42. The molecule has 0 bridgehead atoms. The van der Waals surface area contributed by atoms with Gasteiger partial charge in [-0.1, -0.05) is 0 Å². The highest BCUT2D eigenvalue weighted by molar-refractivity contribution is 5.78. The number of aromatic nitrogens is 1. The first-order valence-corrected chi connectivity index (χ1v) is 6.65. The largest absolute Gasteiger partial charge is 0.342 e. The Morgan fingerprint density at radius 2 is 2.17 bits per heavy atom. The third-order valence-electron chi connectivity index (χ3n) is 3.45. The summed E-state index contributed by atoms with van der Waals surface area (Å²) < 4.78 is 0. The van der Waals surface area contributed by atoms with E-state index in [1.165, 1.54) is 12.0 Å². The zero-order valence-corrected chi connectivity index (χ0v) is 11.0. The van der Waals surface area contributed by atoms with Crippen molar-refractivity contribution in [2.24, 2.45) is 0 Å². The maximum atomic E-state index is 11.9. The molecule has 2 heterocycles. The molecule has 18 heavy (non-hydrogen) atoms. The van der Waals surface area contributed by atoms with Crippen LogP contribution in [0, 0.1) is 6.92 Å². The SMILES string of the molecule is Cc1ccncc1CNCC(=O)N1CCCCC1. The molecule has 0 unspecified atom stereocenters. The number of rotatable bonds is 4. The van der Waals surface area contributed by atoms with Gasteiger partial charge >= 0.3 is 0 Å². The summed E-state index contributed by atoms with van der Waals surface area (Å²) in [5, 5.41) is 3.21. The number of aryl methyl sites for hydroxylation is 1. The molecule has 1 aromatic heterocycles. The van der Waals surface area contributed by atoms with Gasteiger partial charge in [0.05, 0.1) is 6.54 Å². The van der Waals surface area contributed by atoms with Gasteiger partial charge in [-0.2, -0.15) is 0 Å². The summed E-state index contributed by atoms with van der Waals surface area (Å²) in [5.74, 6) is 0.219. The summed E-state index contributed by atoms with van der Waals surface area (Å²) in [6.45, 7) is 5.04. The van der Waals surface area contributed by atoms with Crippen molar-refractivity contribution in [2.45, 2.75) is 32.7 Å². The summed E-state index contributed by atoms with van der Waals surface area (Å²) >= 11 is 0. The smallest absolute Gasteiger partial charge is 0.236 e. The Morgan fingerprint density at radius 1 is 1.39 bits per heavy atom. The molecule has 1 saturated heterocycles. The van der Waals surface area contributed by atoms with Crippen LogP contribution >= 0.6 is 0 Å². The number of pyridine rings is 1. The van der Waals surface area contributed by atoms with Crippen LogP contribution in [0.3, 0.4) is 0 Å². The minimum absolute atomic E-state index is 0.219. The molecule has 0 aromatic carbocycles. The van der Waals surface area contributed by atoms with Crippen LogP contribution in [0.25, 0.3) is 0 Å². The number of carbonyl (C=O) groups is 1. The Balaban J connectivity index is 1.75. The fourth-order valence-electron chi connectivity index (χ4n) is 2.24. The second-order valence-corrected chi connectivity index (χ2v) is 4.85. The first-order chi connectivity index (χ1) is 8.77. The molecule has 98 valence electrons. The molecule has 4 heteroatoms. The Labute approximate surface area is 108 Å². The number of hydrogen-bond donors (Lipinski definition) is 1. The minimum Gasteiger partial charge on any atom is -0.342 e. The Hall–Kier alpha value is -1.42. The lowest BCUT2D eigenvalue weighted by Gasteiger charge is -2.26.